The van der Waals surface area contributed by atoms with Gasteiger partial charge < -0.3 is 10.1 Å². The lowest BCUT2D eigenvalue weighted by Crippen LogP contribution is -2.56. The summed E-state index contributed by atoms with van der Waals surface area (Å²) >= 11 is 18.2. The van der Waals surface area contributed by atoms with E-state index in [1.54, 1.807) is 24.3 Å². The molecule has 1 aliphatic heterocycles. The number of carbonyl (C=O) groups excluding carboxylic acids is 1. The molecule has 1 heterocycles. The molecule has 1 atom stereocenters. The van der Waals surface area contributed by atoms with Gasteiger partial charge in [0.25, 0.3) is 5.91 Å². The number of ether oxygens (including phenoxy) is 1. The number of carbonyl (C=O) groups is 1. The quantitative estimate of drug-likeness (QED) is 0.829. The third-order valence-corrected chi connectivity index (χ3v) is 4.31. The SMILES string of the molecule is COc1ccccc1C(=O)N[C@H](N1CCCCC1)C(Cl)(Cl)Cl. The first kappa shape index (κ1) is 17.7. The lowest BCUT2D eigenvalue weighted by molar-refractivity contribution is 0.0816. The Labute approximate surface area is 145 Å². The molecule has 0 spiro atoms. The molecular weight excluding hydrogens is 347 g/mol. The first-order valence-electron chi connectivity index (χ1n) is 7.18. The summed E-state index contributed by atoms with van der Waals surface area (Å²) in [7, 11) is 1.52. The van der Waals surface area contributed by atoms with Crippen LogP contribution in [-0.2, 0) is 0 Å². The summed E-state index contributed by atoms with van der Waals surface area (Å²) in [6.45, 7) is 1.59. The number of para-hydroxylation sites is 1. The van der Waals surface area contributed by atoms with E-state index >= 15 is 0 Å². The van der Waals surface area contributed by atoms with Gasteiger partial charge >= 0.3 is 0 Å². The number of piperidine rings is 1. The molecule has 0 aromatic heterocycles. The van der Waals surface area contributed by atoms with Crippen LogP contribution in [-0.4, -0.2) is 41.0 Å². The average Bonchev–Trinajstić information content (AvgIpc) is 2.52. The second-order valence-corrected chi connectivity index (χ2v) is 7.58. The zero-order valence-electron chi connectivity index (χ0n) is 12.3. The summed E-state index contributed by atoms with van der Waals surface area (Å²) in [4.78, 5) is 14.5. The molecule has 0 aliphatic carbocycles. The minimum Gasteiger partial charge on any atom is -0.496 e. The second-order valence-electron chi connectivity index (χ2n) is 5.21. The molecule has 2 rings (SSSR count). The molecule has 0 unspecified atom stereocenters. The van der Waals surface area contributed by atoms with Crippen molar-refractivity contribution in [1.82, 2.24) is 10.2 Å². The summed E-state index contributed by atoms with van der Waals surface area (Å²) in [5.74, 6) is 0.168. The lowest BCUT2D eigenvalue weighted by Gasteiger charge is -2.38. The van der Waals surface area contributed by atoms with E-state index in [4.69, 9.17) is 39.5 Å². The molecule has 4 nitrogen and oxygen atoms in total. The van der Waals surface area contributed by atoms with Gasteiger partial charge in [0.1, 0.15) is 11.9 Å². The molecule has 0 radical (unpaired) electrons. The van der Waals surface area contributed by atoms with E-state index in [-0.39, 0.29) is 5.91 Å². The van der Waals surface area contributed by atoms with Crippen molar-refractivity contribution >= 4 is 40.7 Å². The van der Waals surface area contributed by atoms with E-state index in [1.807, 2.05) is 4.90 Å². The lowest BCUT2D eigenvalue weighted by atomic mass is 10.1. The van der Waals surface area contributed by atoms with Gasteiger partial charge in [0, 0.05) is 13.1 Å². The Kier molecular flexibility index (Phi) is 6.21. The van der Waals surface area contributed by atoms with Crippen LogP contribution in [0.4, 0.5) is 0 Å². The number of halogens is 3. The van der Waals surface area contributed by atoms with Crippen molar-refractivity contribution in [2.45, 2.75) is 29.2 Å². The highest BCUT2D eigenvalue weighted by Gasteiger charge is 2.39. The van der Waals surface area contributed by atoms with Crippen molar-refractivity contribution in [1.29, 1.82) is 0 Å². The van der Waals surface area contributed by atoms with Gasteiger partial charge in [-0.2, -0.15) is 0 Å². The van der Waals surface area contributed by atoms with Gasteiger partial charge in [-0.25, -0.2) is 0 Å². The summed E-state index contributed by atoms with van der Waals surface area (Å²) in [5, 5.41) is 2.83. The fraction of sp³-hybridized carbons (Fsp3) is 0.533. The summed E-state index contributed by atoms with van der Waals surface area (Å²) in [6.07, 6.45) is 2.54. The highest BCUT2D eigenvalue weighted by molar-refractivity contribution is 6.68. The summed E-state index contributed by atoms with van der Waals surface area (Å²) < 4.78 is 3.60. The van der Waals surface area contributed by atoms with Gasteiger partial charge in [-0.1, -0.05) is 53.4 Å². The first-order chi connectivity index (χ1) is 10.4. The van der Waals surface area contributed by atoms with Gasteiger partial charge in [-0.3, -0.25) is 9.69 Å². The number of alkyl halides is 3. The van der Waals surface area contributed by atoms with Crippen LogP contribution in [0.25, 0.3) is 0 Å². The number of rotatable bonds is 4. The number of benzene rings is 1. The number of nitrogens with one attached hydrogen (secondary N) is 1. The number of nitrogens with zero attached hydrogens (tertiary/aromatic N) is 1. The topological polar surface area (TPSA) is 41.6 Å². The van der Waals surface area contributed by atoms with Crippen molar-refractivity contribution in [3.05, 3.63) is 29.8 Å². The van der Waals surface area contributed by atoms with Crippen LogP contribution >= 0.6 is 34.8 Å². The number of amides is 1. The normalized spacial score (nSPS) is 17.8. The molecule has 122 valence electrons. The Morgan fingerprint density at radius 1 is 1.23 bits per heavy atom. The smallest absolute Gasteiger partial charge is 0.256 e. The van der Waals surface area contributed by atoms with Crippen LogP contribution < -0.4 is 10.1 Å². The highest BCUT2D eigenvalue weighted by atomic mass is 35.6. The number of hydrogen-bond donors (Lipinski definition) is 1. The summed E-state index contributed by atoms with van der Waals surface area (Å²) in [5.41, 5.74) is 0.418. The van der Waals surface area contributed by atoms with Crippen LogP contribution in [0.3, 0.4) is 0 Å². The Hall–Kier alpha value is -0.680. The Bertz CT molecular complexity index is 514. The first-order valence-corrected chi connectivity index (χ1v) is 8.31. The van der Waals surface area contributed by atoms with Crippen LogP contribution in [0.2, 0.25) is 0 Å². The highest BCUT2D eigenvalue weighted by Crippen LogP contribution is 2.33. The van der Waals surface area contributed by atoms with Crippen LogP contribution in [0, 0.1) is 0 Å². The van der Waals surface area contributed by atoms with Crippen molar-refractivity contribution in [2.75, 3.05) is 20.2 Å². The molecule has 0 bridgehead atoms. The van der Waals surface area contributed by atoms with Gasteiger partial charge in [-0.15, -0.1) is 0 Å². The van der Waals surface area contributed by atoms with E-state index in [2.05, 4.69) is 5.32 Å². The van der Waals surface area contributed by atoms with Crippen molar-refractivity contribution in [3.63, 3.8) is 0 Å². The molecule has 7 heteroatoms. The molecule has 1 fully saturated rings. The van der Waals surface area contributed by atoms with Crippen molar-refractivity contribution in [2.24, 2.45) is 0 Å². The third kappa shape index (κ3) is 4.42. The maximum Gasteiger partial charge on any atom is 0.256 e. The molecule has 1 aromatic carbocycles. The fourth-order valence-corrected chi connectivity index (χ4v) is 3.17. The van der Waals surface area contributed by atoms with Gasteiger partial charge in [0.15, 0.2) is 0 Å². The van der Waals surface area contributed by atoms with Crippen LogP contribution in [0.15, 0.2) is 24.3 Å². The number of methoxy groups -OCH3 is 1. The van der Waals surface area contributed by atoms with Crippen LogP contribution in [0.5, 0.6) is 5.75 Å². The largest absolute Gasteiger partial charge is 0.496 e. The van der Waals surface area contributed by atoms with E-state index < -0.39 is 9.96 Å². The fourth-order valence-electron chi connectivity index (χ4n) is 2.59. The molecule has 22 heavy (non-hydrogen) atoms. The predicted molar refractivity (Wildman–Crippen MR) is 90.0 cm³/mol. The zero-order chi connectivity index (χ0) is 16.2. The van der Waals surface area contributed by atoms with E-state index in [1.165, 1.54) is 7.11 Å². The molecule has 1 aliphatic rings. The summed E-state index contributed by atoms with van der Waals surface area (Å²) in [6, 6.07) is 6.97. The molecule has 1 amide bonds. The van der Waals surface area contributed by atoms with Crippen molar-refractivity contribution in [3.8, 4) is 5.75 Å². The predicted octanol–water partition coefficient (Wildman–Crippen LogP) is 3.61. The molecule has 1 saturated heterocycles. The van der Waals surface area contributed by atoms with E-state index in [0.717, 1.165) is 32.4 Å². The number of hydrogen-bond acceptors (Lipinski definition) is 3. The van der Waals surface area contributed by atoms with Gasteiger partial charge in [0.2, 0.25) is 3.79 Å². The Balaban J connectivity index is 2.17. The maximum atomic E-state index is 12.5. The molecule has 1 N–H and O–H groups in total. The standard InChI is InChI=1S/C15H19Cl3N2O2/c1-22-12-8-4-3-7-11(12)13(21)19-14(15(16,17)18)20-9-5-2-6-10-20/h3-4,7-8,14H,2,5-6,9-10H2,1H3,(H,19,21)/t14-/m1/s1. The van der Waals surface area contributed by atoms with Crippen molar-refractivity contribution < 1.29 is 9.53 Å². The second kappa shape index (κ2) is 7.73. The maximum absolute atomic E-state index is 12.5. The van der Waals surface area contributed by atoms with E-state index in [0.29, 0.717) is 11.3 Å². The molecule has 0 saturated carbocycles. The minimum atomic E-state index is -1.60. The third-order valence-electron chi connectivity index (χ3n) is 3.69. The molecular formula is C15H19Cl3N2O2. The Morgan fingerprint density at radius 2 is 1.86 bits per heavy atom. The zero-order valence-corrected chi connectivity index (χ0v) is 14.6. The van der Waals surface area contributed by atoms with Gasteiger partial charge in [0.05, 0.1) is 12.7 Å². The molecule has 1 aromatic rings. The minimum absolute atomic E-state index is 0.320. The van der Waals surface area contributed by atoms with E-state index in [9.17, 15) is 4.79 Å². The number of likely N-dealkylation sites (tertiary alicyclic amines) is 1. The van der Waals surface area contributed by atoms with Crippen LogP contribution in [0.1, 0.15) is 29.6 Å². The Morgan fingerprint density at radius 3 is 2.45 bits per heavy atom. The average molecular weight is 366 g/mol. The monoisotopic (exact) mass is 364 g/mol. The van der Waals surface area contributed by atoms with Gasteiger partial charge in [-0.05, 0) is 25.0 Å².